The molecule has 108 valence electrons. The van der Waals surface area contributed by atoms with E-state index in [4.69, 9.17) is 5.73 Å². The molecule has 4 nitrogen and oxygen atoms in total. The SMILES string of the molecule is Cc1cc2c(n1CCS(C)(=O)=O)CC(C)(C)CC2N. The summed E-state index contributed by atoms with van der Waals surface area (Å²) < 4.78 is 24.9. The van der Waals surface area contributed by atoms with Crippen LogP contribution in [0.2, 0.25) is 0 Å². The third-order valence-electron chi connectivity index (χ3n) is 3.95. The van der Waals surface area contributed by atoms with Crippen molar-refractivity contribution >= 4 is 9.84 Å². The number of aryl methyl sites for hydroxylation is 1. The van der Waals surface area contributed by atoms with Crippen LogP contribution in [0.5, 0.6) is 0 Å². The molecule has 0 aromatic carbocycles. The van der Waals surface area contributed by atoms with E-state index >= 15 is 0 Å². The van der Waals surface area contributed by atoms with Crippen molar-refractivity contribution < 1.29 is 8.42 Å². The summed E-state index contributed by atoms with van der Waals surface area (Å²) in [5.74, 6) is 0.185. The maximum Gasteiger partial charge on any atom is 0.149 e. The number of sulfone groups is 1. The van der Waals surface area contributed by atoms with E-state index < -0.39 is 9.84 Å². The number of rotatable bonds is 3. The molecule has 0 saturated heterocycles. The van der Waals surface area contributed by atoms with Crippen LogP contribution in [0.15, 0.2) is 6.07 Å². The minimum Gasteiger partial charge on any atom is -0.348 e. The lowest BCUT2D eigenvalue weighted by molar-refractivity contribution is 0.275. The summed E-state index contributed by atoms with van der Waals surface area (Å²) in [7, 11) is -2.94. The highest BCUT2D eigenvalue weighted by Gasteiger charge is 2.33. The van der Waals surface area contributed by atoms with Gasteiger partial charge >= 0.3 is 0 Å². The van der Waals surface area contributed by atoms with Gasteiger partial charge in [0.1, 0.15) is 9.84 Å². The molecule has 1 unspecified atom stereocenters. The van der Waals surface area contributed by atoms with Crippen LogP contribution in [0.1, 0.15) is 43.3 Å². The van der Waals surface area contributed by atoms with Crippen molar-refractivity contribution in [1.29, 1.82) is 0 Å². The van der Waals surface area contributed by atoms with Crippen LogP contribution in [-0.2, 0) is 22.8 Å². The lowest BCUT2D eigenvalue weighted by Crippen LogP contribution is -2.31. The van der Waals surface area contributed by atoms with Crippen molar-refractivity contribution in [2.45, 2.75) is 46.2 Å². The molecule has 1 atom stereocenters. The molecule has 1 aromatic rings. The lowest BCUT2D eigenvalue weighted by atomic mass is 9.74. The molecule has 0 amide bonds. The Morgan fingerprint density at radius 3 is 2.68 bits per heavy atom. The highest BCUT2D eigenvalue weighted by molar-refractivity contribution is 7.90. The first kappa shape index (κ1) is 14.6. The number of hydrogen-bond acceptors (Lipinski definition) is 3. The van der Waals surface area contributed by atoms with E-state index in [9.17, 15) is 8.42 Å². The number of aromatic nitrogens is 1. The molecule has 0 aliphatic heterocycles. The van der Waals surface area contributed by atoms with Gasteiger partial charge in [0.15, 0.2) is 0 Å². The van der Waals surface area contributed by atoms with Gasteiger partial charge in [0.2, 0.25) is 0 Å². The van der Waals surface area contributed by atoms with Crippen LogP contribution in [0.3, 0.4) is 0 Å². The summed E-state index contributed by atoms with van der Waals surface area (Å²) >= 11 is 0. The van der Waals surface area contributed by atoms with Crippen LogP contribution < -0.4 is 5.73 Å². The van der Waals surface area contributed by atoms with Gasteiger partial charge in [-0.3, -0.25) is 0 Å². The maximum absolute atomic E-state index is 11.4. The molecular weight excluding hydrogens is 260 g/mol. The number of hydrogen-bond donors (Lipinski definition) is 1. The summed E-state index contributed by atoms with van der Waals surface area (Å²) in [5.41, 5.74) is 9.97. The summed E-state index contributed by atoms with van der Waals surface area (Å²) in [6.07, 6.45) is 3.23. The molecule has 0 fully saturated rings. The Morgan fingerprint density at radius 2 is 2.11 bits per heavy atom. The molecule has 2 rings (SSSR count). The third-order valence-corrected chi connectivity index (χ3v) is 4.88. The van der Waals surface area contributed by atoms with Crippen molar-refractivity contribution in [3.63, 3.8) is 0 Å². The number of fused-ring (bicyclic) bond motifs is 1. The van der Waals surface area contributed by atoms with Gasteiger partial charge in [-0.1, -0.05) is 13.8 Å². The van der Waals surface area contributed by atoms with Gasteiger partial charge in [0, 0.05) is 30.2 Å². The predicted octanol–water partition coefficient (Wildman–Crippen LogP) is 1.81. The van der Waals surface area contributed by atoms with E-state index in [0.717, 1.165) is 18.5 Å². The molecule has 5 heteroatoms. The highest BCUT2D eigenvalue weighted by Crippen LogP contribution is 2.40. The first-order chi connectivity index (χ1) is 8.59. The van der Waals surface area contributed by atoms with E-state index in [1.807, 2.05) is 6.92 Å². The molecule has 0 saturated carbocycles. The van der Waals surface area contributed by atoms with Gasteiger partial charge in [-0.15, -0.1) is 0 Å². The van der Waals surface area contributed by atoms with E-state index in [1.54, 1.807) is 0 Å². The average Bonchev–Trinajstić information content (AvgIpc) is 2.49. The molecule has 0 spiro atoms. The van der Waals surface area contributed by atoms with Gasteiger partial charge in [0.25, 0.3) is 0 Å². The normalized spacial score (nSPS) is 22.3. The first-order valence-corrected chi connectivity index (χ1v) is 8.77. The minimum atomic E-state index is -2.94. The van der Waals surface area contributed by atoms with Crippen molar-refractivity contribution in [3.8, 4) is 0 Å². The summed E-state index contributed by atoms with van der Waals surface area (Å²) in [5, 5.41) is 0. The molecule has 0 bridgehead atoms. The van der Waals surface area contributed by atoms with Crippen LogP contribution in [-0.4, -0.2) is 25.0 Å². The van der Waals surface area contributed by atoms with Crippen LogP contribution in [0.25, 0.3) is 0 Å². The van der Waals surface area contributed by atoms with Crippen molar-refractivity contribution in [2.24, 2.45) is 11.1 Å². The third kappa shape index (κ3) is 3.20. The summed E-state index contributed by atoms with van der Waals surface area (Å²) in [6.45, 7) is 7.00. The second kappa shape index (κ2) is 4.63. The maximum atomic E-state index is 11.4. The van der Waals surface area contributed by atoms with Gasteiger partial charge in [-0.2, -0.15) is 0 Å². The minimum absolute atomic E-state index is 0.0666. The van der Waals surface area contributed by atoms with E-state index in [-0.39, 0.29) is 17.2 Å². The Hall–Kier alpha value is -0.810. The fourth-order valence-electron chi connectivity index (χ4n) is 3.07. The highest BCUT2D eigenvalue weighted by atomic mass is 32.2. The zero-order valence-electron chi connectivity index (χ0n) is 12.2. The second-order valence-corrected chi connectivity index (χ2v) is 8.88. The first-order valence-electron chi connectivity index (χ1n) is 6.71. The Labute approximate surface area is 115 Å². The Bertz CT molecular complexity index is 585. The van der Waals surface area contributed by atoms with E-state index in [2.05, 4.69) is 24.5 Å². The Balaban J connectivity index is 2.36. The zero-order valence-corrected chi connectivity index (χ0v) is 13.0. The average molecular weight is 284 g/mol. The van der Waals surface area contributed by atoms with Crippen molar-refractivity contribution in [3.05, 3.63) is 23.0 Å². The molecule has 1 heterocycles. The van der Waals surface area contributed by atoms with E-state index in [1.165, 1.54) is 17.5 Å². The van der Waals surface area contributed by atoms with Gasteiger partial charge in [0.05, 0.1) is 5.75 Å². The van der Waals surface area contributed by atoms with Gasteiger partial charge < -0.3 is 10.3 Å². The predicted molar refractivity (Wildman–Crippen MR) is 77.9 cm³/mol. The number of nitrogens with two attached hydrogens (primary N) is 1. The molecule has 1 aromatic heterocycles. The monoisotopic (exact) mass is 284 g/mol. The summed E-state index contributed by atoms with van der Waals surface area (Å²) in [4.78, 5) is 0. The lowest BCUT2D eigenvalue weighted by Gasteiger charge is -2.34. The zero-order chi connectivity index (χ0) is 14.4. The smallest absolute Gasteiger partial charge is 0.149 e. The second-order valence-electron chi connectivity index (χ2n) is 6.62. The fraction of sp³-hybridized carbons (Fsp3) is 0.714. The van der Waals surface area contributed by atoms with Crippen LogP contribution in [0.4, 0.5) is 0 Å². The van der Waals surface area contributed by atoms with Gasteiger partial charge in [-0.25, -0.2) is 8.42 Å². The topological polar surface area (TPSA) is 65.1 Å². The largest absolute Gasteiger partial charge is 0.348 e. The molecule has 1 aliphatic carbocycles. The van der Waals surface area contributed by atoms with Gasteiger partial charge in [-0.05, 0) is 36.8 Å². The summed E-state index contributed by atoms with van der Waals surface area (Å²) in [6, 6.07) is 2.19. The molecule has 2 N–H and O–H groups in total. The molecular formula is C14H24N2O2S. The van der Waals surface area contributed by atoms with Crippen molar-refractivity contribution in [2.75, 3.05) is 12.0 Å². The standard InChI is InChI=1S/C14H24N2O2S/c1-10-7-11-12(15)8-14(2,3)9-13(11)16(10)5-6-19(4,17)18/h7,12H,5-6,8-9,15H2,1-4H3. The number of nitrogens with zero attached hydrogens (tertiary/aromatic N) is 1. The molecule has 19 heavy (non-hydrogen) atoms. The van der Waals surface area contributed by atoms with Crippen LogP contribution >= 0.6 is 0 Å². The van der Waals surface area contributed by atoms with Crippen molar-refractivity contribution in [1.82, 2.24) is 4.57 Å². The molecule has 1 aliphatic rings. The molecule has 0 radical (unpaired) electrons. The van der Waals surface area contributed by atoms with Crippen LogP contribution in [0, 0.1) is 12.3 Å². The Kier molecular flexibility index (Phi) is 3.56. The Morgan fingerprint density at radius 1 is 1.47 bits per heavy atom. The quantitative estimate of drug-likeness (QED) is 0.920. The fourth-order valence-corrected chi connectivity index (χ4v) is 3.59. The van der Waals surface area contributed by atoms with E-state index in [0.29, 0.717) is 6.54 Å².